The second-order valence-electron chi connectivity index (χ2n) is 21.5. The first-order valence-electron chi connectivity index (χ1n) is 26.9. The Morgan fingerprint density at radius 2 is 0.769 bits per heavy atom. The Morgan fingerprint density at radius 3 is 1.36 bits per heavy atom. The summed E-state index contributed by atoms with van der Waals surface area (Å²) in [6.45, 7) is 4.68. The molecule has 5 nitrogen and oxygen atoms in total. The van der Waals surface area contributed by atoms with Crippen LogP contribution in [0.5, 0.6) is 0 Å². The van der Waals surface area contributed by atoms with Gasteiger partial charge >= 0.3 is 0 Å². The van der Waals surface area contributed by atoms with Crippen LogP contribution in [0.25, 0.3) is 95.0 Å². The highest BCUT2D eigenvalue weighted by atomic mass is 15.2. The van der Waals surface area contributed by atoms with E-state index >= 15 is 0 Å². The molecule has 0 saturated heterocycles. The van der Waals surface area contributed by atoms with Crippen LogP contribution in [0.4, 0.5) is 17.1 Å². The molecule has 11 aromatic carbocycles. The van der Waals surface area contributed by atoms with Crippen LogP contribution in [0.1, 0.15) is 47.2 Å². The maximum atomic E-state index is 5.30. The summed E-state index contributed by atoms with van der Waals surface area (Å²) >= 11 is 0. The summed E-state index contributed by atoms with van der Waals surface area (Å²) in [7, 11) is 0. The summed E-state index contributed by atoms with van der Waals surface area (Å²) in [4.78, 5) is 18.1. The van der Waals surface area contributed by atoms with E-state index in [1.807, 2.05) is 36.4 Å². The molecule has 78 heavy (non-hydrogen) atoms. The van der Waals surface area contributed by atoms with Gasteiger partial charge in [0.15, 0.2) is 11.6 Å². The number of para-hydroxylation sites is 1. The maximum absolute atomic E-state index is 5.30. The highest BCUT2D eigenvalue weighted by Gasteiger charge is 2.51. The van der Waals surface area contributed by atoms with E-state index < -0.39 is 5.41 Å². The average molecular weight is 996 g/mol. The van der Waals surface area contributed by atoms with E-state index in [4.69, 9.17) is 15.0 Å². The molecule has 0 unspecified atom stereocenters. The molecule has 3 aliphatic carbocycles. The van der Waals surface area contributed by atoms with Crippen molar-refractivity contribution in [2.45, 2.75) is 24.7 Å². The van der Waals surface area contributed by atoms with Gasteiger partial charge in [0.25, 0.3) is 0 Å². The fourth-order valence-corrected chi connectivity index (χ4v) is 13.6. The van der Waals surface area contributed by atoms with Gasteiger partial charge in [0, 0.05) is 44.4 Å². The predicted octanol–water partition coefficient (Wildman–Crippen LogP) is 18.1. The van der Waals surface area contributed by atoms with Gasteiger partial charge in [-0.2, -0.15) is 9.97 Å². The standard InChI is InChI=1S/C73H49N5/c1-72(2)61-30-16-12-29-56(61)58-44-60-59-42-49(36-41-67(59)78(68(60)45-65(58)72)71-75-69(47-20-6-3-7-21-47)74-70(76-71)48-22-8-4-9-23-48)46-34-37-51(38-35-46)77(50-24-10-5-11-25-50)52-39-40-57-55-28-15-19-33-64(55)73(66(57)43-52)62-31-17-13-26-53(62)54-27-14-18-32-63(54)73/h3-45H,1-2H3. The molecule has 0 N–H and O–H groups in total. The summed E-state index contributed by atoms with van der Waals surface area (Å²) < 4.78 is 2.26. The van der Waals surface area contributed by atoms with Crippen LogP contribution >= 0.6 is 0 Å². The predicted molar refractivity (Wildman–Crippen MR) is 319 cm³/mol. The van der Waals surface area contributed by atoms with Gasteiger partial charge < -0.3 is 4.90 Å². The van der Waals surface area contributed by atoms with Crippen LogP contribution in [0.3, 0.4) is 0 Å². The van der Waals surface area contributed by atoms with Crippen molar-refractivity contribution < 1.29 is 0 Å². The largest absolute Gasteiger partial charge is 0.310 e. The fraction of sp³-hybridized carbons (Fsp3) is 0.0548. The van der Waals surface area contributed by atoms with E-state index in [1.165, 1.54) is 66.8 Å². The van der Waals surface area contributed by atoms with Gasteiger partial charge in [-0.1, -0.05) is 214 Å². The van der Waals surface area contributed by atoms with Crippen molar-refractivity contribution in [3.8, 4) is 73.2 Å². The number of hydrogen-bond donors (Lipinski definition) is 0. The van der Waals surface area contributed by atoms with Gasteiger partial charge in [-0.15, -0.1) is 0 Å². The van der Waals surface area contributed by atoms with Crippen molar-refractivity contribution in [1.82, 2.24) is 19.5 Å². The fourth-order valence-electron chi connectivity index (χ4n) is 13.6. The van der Waals surface area contributed by atoms with Crippen LogP contribution in [0.15, 0.2) is 261 Å². The Kier molecular flexibility index (Phi) is 9.53. The second-order valence-corrected chi connectivity index (χ2v) is 21.5. The molecule has 0 amide bonds. The number of benzene rings is 11. The number of aromatic nitrogens is 4. The van der Waals surface area contributed by atoms with E-state index in [0.717, 1.165) is 61.1 Å². The summed E-state index contributed by atoms with van der Waals surface area (Å²) in [5, 5.41) is 2.28. The zero-order valence-electron chi connectivity index (χ0n) is 43.1. The third kappa shape index (κ3) is 6.33. The number of hydrogen-bond acceptors (Lipinski definition) is 4. The molecule has 13 aromatic rings. The first-order chi connectivity index (χ1) is 38.4. The number of nitrogens with zero attached hydrogens (tertiary/aromatic N) is 5. The summed E-state index contributed by atoms with van der Waals surface area (Å²) in [6, 6.07) is 95.1. The molecule has 0 radical (unpaired) electrons. The van der Waals surface area contributed by atoms with Crippen LogP contribution in [-0.4, -0.2) is 19.5 Å². The van der Waals surface area contributed by atoms with E-state index in [1.54, 1.807) is 0 Å². The zero-order chi connectivity index (χ0) is 51.7. The molecule has 1 spiro atoms. The maximum Gasteiger partial charge on any atom is 0.238 e. The van der Waals surface area contributed by atoms with Crippen molar-refractivity contribution in [2.75, 3.05) is 4.90 Å². The smallest absolute Gasteiger partial charge is 0.238 e. The molecular formula is C73H49N5. The molecule has 0 bridgehead atoms. The third-order valence-electron chi connectivity index (χ3n) is 17.1. The van der Waals surface area contributed by atoms with Gasteiger partial charge in [-0.05, 0) is 139 Å². The molecule has 2 aromatic heterocycles. The molecule has 0 atom stereocenters. The van der Waals surface area contributed by atoms with Gasteiger partial charge in [-0.3, -0.25) is 4.57 Å². The summed E-state index contributed by atoms with van der Waals surface area (Å²) in [5.74, 6) is 1.84. The minimum absolute atomic E-state index is 0.203. The van der Waals surface area contributed by atoms with E-state index in [-0.39, 0.29) is 5.41 Å². The Morgan fingerprint density at radius 1 is 0.308 bits per heavy atom. The van der Waals surface area contributed by atoms with Crippen molar-refractivity contribution >= 4 is 38.9 Å². The molecule has 366 valence electrons. The lowest BCUT2D eigenvalue weighted by molar-refractivity contribution is 0.661. The Bertz CT molecular complexity index is 4450. The average Bonchev–Trinajstić information content (AvgIpc) is 4.22. The first kappa shape index (κ1) is 44.3. The van der Waals surface area contributed by atoms with Crippen molar-refractivity contribution in [1.29, 1.82) is 0 Å². The highest BCUT2D eigenvalue weighted by Crippen LogP contribution is 2.63. The molecular weight excluding hydrogens is 947 g/mol. The molecule has 0 aliphatic heterocycles. The van der Waals surface area contributed by atoms with Crippen LogP contribution < -0.4 is 4.90 Å². The molecule has 5 heteroatoms. The number of rotatable bonds is 7. The lowest BCUT2D eigenvalue weighted by Crippen LogP contribution is -2.26. The minimum Gasteiger partial charge on any atom is -0.310 e. The molecule has 2 heterocycles. The van der Waals surface area contributed by atoms with Gasteiger partial charge in [0.05, 0.1) is 16.4 Å². The Labute approximate surface area is 453 Å². The quantitative estimate of drug-likeness (QED) is 0.160. The lowest BCUT2D eigenvalue weighted by atomic mass is 9.70. The Balaban J connectivity index is 0.857. The number of fused-ring (bicyclic) bond motifs is 16. The highest BCUT2D eigenvalue weighted by molar-refractivity contribution is 6.12. The molecule has 0 fully saturated rings. The number of anilines is 3. The van der Waals surface area contributed by atoms with Crippen molar-refractivity contribution in [3.05, 3.63) is 294 Å². The van der Waals surface area contributed by atoms with E-state index in [2.05, 4.69) is 248 Å². The monoisotopic (exact) mass is 995 g/mol. The topological polar surface area (TPSA) is 46.8 Å². The van der Waals surface area contributed by atoms with Gasteiger partial charge in [-0.25, -0.2) is 4.98 Å². The summed E-state index contributed by atoms with van der Waals surface area (Å²) in [5.41, 5.74) is 24.5. The minimum atomic E-state index is -0.444. The van der Waals surface area contributed by atoms with Crippen molar-refractivity contribution in [3.63, 3.8) is 0 Å². The first-order valence-corrected chi connectivity index (χ1v) is 26.9. The van der Waals surface area contributed by atoms with Crippen LogP contribution in [0.2, 0.25) is 0 Å². The molecule has 3 aliphatic rings. The van der Waals surface area contributed by atoms with E-state index in [9.17, 15) is 0 Å². The molecule has 16 rings (SSSR count). The summed E-state index contributed by atoms with van der Waals surface area (Å²) in [6.07, 6.45) is 0. The van der Waals surface area contributed by atoms with Gasteiger partial charge in [0.2, 0.25) is 5.95 Å². The lowest BCUT2D eigenvalue weighted by Gasteiger charge is -2.32. The van der Waals surface area contributed by atoms with E-state index in [0.29, 0.717) is 17.6 Å². The van der Waals surface area contributed by atoms with Crippen LogP contribution in [-0.2, 0) is 10.8 Å². The normalized spacial score (nSPS) is 13.7. The van der Waals surface area contributed by atoms with Gasteiger partial charge in [0.1, 0.15) is 0 Å². The van der Waals surface area contributed by atoms with Crippen molar-refractivity contribution in [2.24, 2.45) is 0 Å². The SMILES string of the molecule is CC1(C)c2ccccc2-c2cc3c4cc(-c5ccc(N(c6ccccc6)c6ccc7c(c6)C6(c8ccccc8-c8ccccc86)c6ccccc6-7)cc5)ccc4n(-c4nc(-c5ccccc5)nc(-c5ccccc5)n4)c3cc21. The zero-order valence-corrected chi connectivity index (χ0v) is 43.1. The second kappa shape index (κ2) is 16.8. The molecule has 0 saturated carbocycles. The Hall–Kier alpha value is -9.97. The third-order valence-corrected chi connectivity index (χ3v) is 17.1. The van der Waals surface area contributed by atoms with Crippen LogP contribution in [0, 0.1) is 0 Å².